The van der Waals surface area contributed by atoms with E-state index < -0.39 is 34.4 Å². The molecule has 0 aliphatic rings. The molecule has 0 saturated carbocycles. The number of hydrogen-bond donors (Lipinski definition) is 1. The fourth-order valence-electron chi connectivity index (χ4n) is 5.42. The number of halogens is 2. The topological polar surface area (TPSA) is 124 Å². The lowest BCUT2D eigenvalue weighted by Crippen LogP contribution is -2.53. The van der Waals surface area contributed by atoms with Gasteiger partial charge in [0.25, 0.3) is 10.0 Å². The fraction of sp³-hybridized carbons (Fsp3) is 0.316. The number of amides is 2. The Bertz CT molecular complexity index is 1960. The molecular formula is C38H43Cl2N3O8S. The number of sulfonamides is 1. The molecule has 0 aliphatic carbocycles. The maximum atomic E-state index is 14.9. The number of anilines is 1. The Morgan fingerprint density at radius 3 is 2.04 bits per heavy atom. The monoisotopic (exact) mass is 771 g/mol. The number of rotatable bonds is 17. The number of benzene rings is 4. The molecule has 0 saturated heterocycles. The molecule has 0 spiro atoms. The van der Waals surface area contributed by atoms with Gasteiger partial charge in [0.2, 0.25) is 11.8 Å². The van der Waals surface area contributed by atoms with Gasteiger partial charge in [-0.2, -0.15) is 0 Å². The highest BCUT2D eigenvalue weighted by atomic mass is 35.5. The molecule has 2 amide bonds. The lowest BCUT2D eigenvalue weighted by atomic mass is 10.0. The van der Waals surface area contributed by atoms with E-state index in [9.17, 15) is 18.0 Å². The van der Waals surface area contributed by atoms with Gasteiger partial charge < -0.3 is 29.2 Å². The number of ether oxygens (including phenoxy) is 4. The van der Waals surface area contributed by atoms with Gasteiger partial charge in [-0.1, -0.05) is 73.4 Å². The summed E-state index contributed by atoms with van der Waals surface area (Å²) in [6.45, 7) is 3.46. The van der Waals surface area contributed by atoms with Crippen LogP contribution in [0.25, 0.3) is 0 Å². The zero-order valence-corrected chi connectivity index (χ0v) is 32.2. The van der Waals surface area contributed by atoms with Crippen LogP contribution >= 0.6 is 23.2 Å². The van der Waals surface area contributed by atoms with E-state index in [1.165, 1.54) is 57.6 Å². The summed E-state index contributed by atoms with van der Waals surface area (Å²) in [6, 6.07) is 21.8. The van der Waals surface area contributed by atoms with E-state index in [1.54, 1.807) is 30.3 Å². The second-order valence-corrected chi connectivity index (χ2v) is 14.9. The van der Waals surface area contributed by atoms with Gasteiger partial charge in [-0.15, -0.1) is 0 Å². The lowest BCUT2D eigenvalue weighted by molar-refractivity contribution is -0.140. The van der Waals surface area contributed by atoms with Crippen LogP contribution in [-0.2, 0) is 32.6 Å². The molecule has 0 aliphatic heterocycles. The Hall–Kier alpha value is -4.65. The van der Waals surface area contributed by atoms with Crippen molar-refractivity contribution in [2.24, 2.45) is 5.92 Å². The Labute approximate surface area is 315 Å². The molecule has 0 radical (unpaired) electrons. The predicted octanol–water partition coefficient (Wildman–Crippen LogP) is 6.64. The zero-order chi connectivity index (χ0) is 38.0. The smallest absolute Gasteiger partial charge is 0.265 e. The predicted molar refractivity (Wildman–Crippen MR) is 202 cm³/mol. The number of nitrogens with one attached hydrogen (secondary N) is 1. The molecule has 1 N–H and O–H groups in total. The molecule has 1 atom stereocenters. The molecule has 4 aromatic carbocycles. The molecule has 0 aromatic heterocycles. The van der Waals surface area contributed by atoms with Crippen LogP contribution in [0.15, 0.2) is 89.8 Å². The molecule has 4 aromatic rings. The maximum Gasteiger partial charge on any atom is 0.265 e. The first kappa shape index (κ1) is 40.1. The Kier molecular flexibility index (Phi) is 14.1. The molecular weight excluding hydrogens is 729 g/mol. The largest absolute Gasteiger partial charge is 0.497 e. The summed E-state index contributed by atoms with van der Waals surface area (Å²) in [4.78, 5) is 30.1. The minimum Gasteiger partial charge on any atom is -0.497 e. The number of carbonyl (C=O) groups excluding carboxylic acids is 2. The first-order chi connectivity index (χ1) is 24.8. The third-order valence-corrected chi connectivity index (χ3v) is 10.7. The summed E-state index contributed by atoms with van der Waals surface area (Å²) in [6.07, 6.45) is 0.142. The van der Waals surface area contributed by atoms with Gasteiger partial charge >= 0.3 is 0 Å². The van der Waals surface area contributed by atoms with Gasteiger partial charge in [0, 0.05) is 31.6 Å². The molecule has 278 valence electrons. The van der Waals surface area contributed by atoms with Crippen molar-refractivity contribution in [1.82, 2.24) is 10.2 Å². The van der Waals surface area contributed by atoms with Crippen molar-refractivity contribution in [3.8, 4) is 23.0 Å². The van der Waals surface area contributed by atoms with Crippen molar-refractivity contribution in [1.29, 1.82) is 0 Å². The minimum atomic E-state index is -4.53. The molecule has 52 heavy (non-hydrogen) atoms. The van der Waals surface area contributed by atoms with Crippen LogP contribution in [0.4, 0.5) is 5.69 Å². The van der Waals surface area contributed by atoms with Gasteiger partial charge in [-0.05, 0) is 53.4 Å². The Morgan fingerprint density at radius 2 is 1.42 bits per heavy atom. The van der Waals surface area contributed by atoms with Crippen LogP contribution < -0.4 is 28.6 Å². The van der Waals surface area contributed by atoms with E-state index in [2.05, 4.69) is 5.32 Å². The van der Waals surface area contributed by atoms with Crippen LogP contribution in [0.1, 0.15) is 25.0 Å². The van der Waals surface area contributed by atoms with Crippen molar-refractivity contribution in [2.45, 2.75) is 37.8 Å². The van der Waals surface area contributed by atoms with Crippen molar-refractivity contribution in [3.63, 3.8) is 0 Å². The van der Waals surface area contributed by atoms with E-state index in [4.69, 9.17) is 42.1 Å². The summed E-state index contributed by atoms with van der Waals surface area (Å²) in [5.41, 5.74) is 1.40. The van der Waals surface area contributed by atoms with Crippen LogP contribution in [0.2, 0.25) is 10.0 Å². The summed E-state index contributed by atoms with van der Waals surface area (Å²) in [5, 5.41) is 3.54. The molecule has 0 unspecified atom stereocenters. The average molecular weight is 773 g/mol. The van der Waals surface area contributed by atoms with Gasteiger partial charge in [-0.3, -0.25) is 13.9 Å². The van der Waals surface area contributed by atoms with Gasteiger partial charge in [0.05, 0.1) is 49.1 Å². The van der Waals surface area contributed by atoms with Crippen LogP contribution in [0.5, 0.6) is 23.0 Å². The Balaban J connectivity index is 1.91. The molecule has 0 bridgehead atoms. The van der Waals surface area contributed by atoms with Gasteiger partial charge in [-0.25, -0.2) is 8.42 Å². The molecule has 0 fully saturated rings. The number of hydrogen-bond acceptors (Lipinski definition) is 8. The van der Waals surface area contributed by atoms with Crippen molar-refractivity contribution in [3.05, 3.63) is 106 Å². The highest BCUT2D eigenvalue weighted by Crippen LogP contribution is 2.38. The number of nitrogens with zero attached hydrogens (tertiary/aromatic N) is 2. The molecule has 11 nitrogen and oxygen atoms in total. The van der Waals surface area contributed by atoms with Crippen molar-refractivity contribution >= 4 is 50.7 Å². The van der Waals surface area contributed by atoms with Gasteiger partial charge in [0.1, 0.15) is 24.1 Å². The van der Waals surface area contributed by atoms with Crippen LogP contribution in [0.3, 0.4) is 0 Å². The lowest BCUT2D eigenvalue weighted by Gasteiger charge is -2.34. The molecule has 14 heteroatoms. The normalized spacial score (nSPS) is 11.8. The van der Waals surface area contributed by atoms with E-state index >= 15 is 0 Å². The van der Waals surface area contributed by atoms with Gasteiger partial charge in [0.15, 0.2) is 11.5 Å². The second kappa shape index (κ2) is 18.2. The highest BCUT2D eigenvalue weighted by molar-refractivity contribution is 7.92. The standard InChI is InChI=1S/C38H43Cl2N3O8S/c1-25(2)22-41-38(45)33(19-26-10-8-7-9-11-26)42(23-27-12-15-30(39)31(40)18-27)37(44)24-43(32-20-28(48-3)13-16-34(32)49-4)52(46,47)29-14-17-35(50-5)36(21-29)51-6/h7-18,20-21,25,33H,19,22-24H2,1-6H3,(H,41,45)/t33-/m1/s1. The maximum absolute atomic E-state index is 14.9. The third-order valence-electron chi connectivity index (χ3n) is 8.17. The summed E-state index contributed by atoms with van der Waals surface area (Å²) >= 11 is 12.6. The van der Waals surface area contributed by atoms with E-state index in [0.29, 0.717) is 28.6 Å². The first-order valence-corrected chi connectivity index (χ1v) is 18.5. The van der Waals surface area contributed by atoms with E-state index in [-0.39, 0.29) is 46.0 Å². The average Bonchev–Trinajstić information content (AvgIpc) is 3.15. The number of carbonyl (C=O) groups is 2. The summed E-state index contributed by atoms with van der Waals surface area (Å²) in [7, 11) is 1.11. The summed E-state index contributed by atoms with van der Waals surface area (Å²) in [5.74, 6) is -0.00358. The quantitative estimate of drug-likeness (QED) is 0.127. The third kappa shape index (κ3) is 9.81. The SMILES string of the molecule is COc1ccc(OC)c(N(CC(=O)N(Cc2ccc(Cl)c(Cl)c2)[C@H](Cc2ccccc2)C(=O)NCC(C)C)S(=O)(=O)c2ccc(OC)c(OC)c2)c1. The van der Waals surface area contributed by atoms with E-state index in [0.717, 1.165) is 9.87 Å². The zero-order valence-electron chi connectivity index (χ0n) is 29.9. The van der Waals surface area contributed by atoms with Crippen LogP contribution in [-0.4, -0.2) is 72.7 Å². The fourth-order valence-corrected chi connectivity index (χ4v) is 7.17. The molecule has 0 heterocycles. The van der Waals surface area contributed by atoms with Crippen molar-refractivity contribution in [2.75, 3.05) is 45.8 Å². The molecule has 4 rings (SSSR count). The minimum absolute atomic E-state index is 0.0309. The number of methoxy groups -OCH3 is 4. The Morgan fingerprint density at radius 1 is 0.750 bits per heavy atom. The van der Waals surface area contributed by atoms with Crippen molar-refractivity contribution < 1.29 is 37.0 Å². The second-order valence-electron chi connectivity index (χ2n) is 12.2. The van der Waals surface area contributed by atoms with E-state index in [1.807, 2.05) is 44.2 Å². The highest BCUT2D eigenvalue weighted by Gasteiger charge is 2.36. The summed E-state index contributed by atoms with van der Waals surface area (Å²) < 4.78 is 52.1. The van der Waals surface area contributed by atoms with Crippen LogP contribution in [0, 0.1) is 5.92 Å². The first-order valence-electron chi connectivity index (χ1n) is 16.3.